The quantitative estimate of drug-likeness (QED) is 0.740. The molecule has 0 aliphatic carbocycles. The van der Waals surface area contributed by atoms with E-state index in [4.69, 9.17) is 14.9 Å². The van der Waals surface area contributed by atoms with Crippen LogP contribution in [0.2, 0.25) is 0 Å². The van der Waals surface area contributed by atoms with Crippen molar-refractivity contribution in [2.45, 2.75) is 6.61 Å². The number of benzene rings is 1. The predicted molar refractivity (Wildman–Crippen MR) is 72.8 cm³/mol. The van der Waals surface area contributed by atoms with Gasteiger partial charge in [-0.1, -0.05) is 12.1 Å². The van der Waals surface area contributed by atoms with Crippen molar-refractivity contribution in [2.75, 3.05) is 5.73 Å². The summed E-state index contributed by atoms with van der Waals surface area (Å²) >= 11 is 1.55. The van der Waals surface area contributed by atoms with Crippen LogP contribution in [-0.2, 0) is 6.61 Å². The topological polar surface area (TPSA) is 74.2 Å². The van der Waals surface area contributed by atoms with Crippen LogP contribution in [0.4, 0.5) is 5.69 Å². The highest BCUT2D eigenvalue weighted by Gasteiger charge is 2.09. The van der Waals surface area contributed by atoms with Crippen LogP contribution >= 0.6 is 11.3 Å². The molecule has 3 aromatic rings. The van der Waals surface area contributed by atoms with Crippen LogP contribution in [-0.4, -0.2) is 10.2 Å². The van der Waals surface area contributed by atoms with Crippen molar-refractivity contribution in [1.82, 2.24) is 10.2 Å². The SMILES string of the molecule is Nc1cccc(OCc2nnc(-c3cccs3)o2)c1. The molecule has 2 N–H and O–H groups in total. The van der Waals surface area contributed by atoms with E-state index in [1.54, 1.807) is 23.5 Å². The van der Waals surface area contributed by atoms with Gasteiger partial charge in [0.2, 0.25) is 0 Å². The Morgan fingerprint density at radius 1 is 1.21 bits per heavy atom. The van der Waals surface area contributed by atoms with Gasteiger partial charge in [0.25, 0.3) is 11.8 Å². The smallest absolute Gasteiger partial charge is 0.257 e. The van der Waals surface area contributed by atoms with Crippen LogP contribution in [0.3, 0.4) is 0 Å². The molecule has 6 heteroatoms. The second-order valence-electron chi connectivity index (χ2n) is 3.84. The first kappa shape index (κ1) is 11.7. The second-order valence-corrected chi connectivity index (χ2v) is 4.79. The van der Waals surface area contributed by atoms with Crippen LogP contribution in [0.25, 0.3) is 10.8 Å². The molecule has 1 aromatic carbocycles. The fourth-order valence-electron chi connectivity index (χ4n) is 1.56. The van der Waals surface area contributed by atoms with Gasteiger partial charge in [0, 0.05) is 11.8 Å². The van der Waals surface area contributed by atoms with Gasteiger partial charge >= 0.3 is 0 Å². The van der Waals surface area contributed by atoms with Gasteiger partial charge in [-0.3, -0.25) is 0 Å². The maximum atomic E-state index is 5.67. The van der Waals surface area contributed by atoms with Gasteiger partial charge in [-0.2, -0.15) is 0 Å². The number of aromatic nitrogens is 2. The molecule has 0 fully saturated rings. The standard InChI is InChI=1S/C13H11N3O2S/c14-9-3-1-4-10(7-9)17-8-12-15-16-13(18-12)11-5-2-6-19-11/h1-7H,8,14H2. The molecular weight excluding hydrogens is 262 g/mol. The number of thiophene rings is 1. The Labute approximate surface area is 113 Å². The summed E-state index contributed by atoms with van der Waals surface area (Å²) in [6, 6.07) is 11.1. The maximum absolute atomic E-state index is 5.67. The normalized spacial score (nSPS) is 10.5. The second kappa shape index (κ2) is 5.11. The number of ether oxygens (including phenoxy) is 1. The van der Waals surface area contributed by atoms with E-state index in [2.05, 4.69) is 10.2 Å². The number of anilines is 1. The summed E-state index contributed by atoms with van der Waals surface area (Å²) in [6.07, 6.45) is 0. The minimum Gasteiger partial charge on any atom is -0.484 e. The zero-order valence-corrected chi connectivity index (χ0v) is 10.8. The lowest BCUT2D eigenvalue weighted by molar-refractivity contribution is 0.264. The van der Waals surface area contributed by atoms with Gasteiger partial charge in [-0.15, -0.1) is 21.5 Å². The van der Waals surface area contributed by atoms with Gasteiger partial charge in [0.05, 0.1) is 4.88 Å². The van der Waals surface area contributed by atoms with Crippen LogP contribution in [0.15, 0.2) is 46.2 Å². The summed E-state index contributed by atoms with van der Waals surface area (Å²) in [5.41, 5.74) is 6.32. The Morgan fingerprint density at radius 3 is 2.95 bits per heavy atom. The Hall–Kier alpha value is -2.34. The van der Waals surface area contributed by atoms with Crippen LogP contribution in [0.1, 0.15) is 5.89 Å². The fraction of sp³-hybridized carbons (Fsp3) is 0.0769. The number of nitrogens with zero attached hydrogens (tertiary/aromatic N) is 2. The third-order valence-electron chi connectivity index (χ3n) is 2.42. The van der Waals surface area contributed by atoms with Gasteiger partial charge in [0.1, 0.15) is 5.75 Å². The summed E-state index contributed by atoms with van der Waals surface area (Å²) in [4.78, 5) is 0.947. The number of hydrogen-bond acceptors (Lipinski definition) is 6. The molecule has 2 heterocycles. The zero-order chi connectivity index (χ0) is 13.1. The highest BCUT2D eigenvalue weighted by Crippen LogP contribution is 2.23. The highest BCUT2D eigenvalue weighted by molar-refractivity contribution is 7.13. The van der Waals surface area contributed by atoms with Gasteiger partial charge in [-0.25, -0.2) is 0 Å². The van der Waals surface area contributed by atoms with E-state index in [0.29, 0.717) is 23.2 Å². The first-order valence-corrected chi connectivity index (χ1v) is 6.54. The lowest BCUT2D eigenvalue weighted by Gasteiger charge is -2.03. The van der Waals surface area contributed by atoms with Crippen molar-refractivity contribution < 1.29 is 9.15 Å². The fourth-order valence-corrected chi connectivity index (χ4v) is 2.21. The van der Waals surface area contributed by atoms with Gasteiger partial charge in [0.15, 0.2) is 6.61 Å². The molecule has 0 amide bonds. The average Bonchev–Trinajstić information content (AvgIpc) is 3.07. The number of nitrogen functional groups attached to an aromatic ring is 1. The molecule has 0 saturated heterocycles. The molecule has 0 aliphatic heterocycles. The number of hydrogen-bond donors (Lipinski definition) is 1. The molecule has 0 unspecified atom stereocenters. The predicted octanol–water partition coefficient (Wildman–Crippen LogP) is 2.96. The van der Waals surface area contributed by atoms with Crippen molar-refractivity contribution in [3.8, 4) is 16.5 Å². The van der Waals surface area contributed by atoms with E-state index in [1.165, 1.54) is 0 Å². The molecule has 0 bridgehead atoms. The zero-order valence-electron chi connectivity index (χ0n) is 9.95. The maximum Gasteiger partial charge on any atom is 0.257 e. The van der Waals surface area contributed by atoms with E-state index in [0.717, 1.165) is 4.88 Å². The van der Waals surface area contributed by atoms with Crippen molar-refractivity contribution in [3.05, 3.63) is 47.7 Å². The average molecular weight is 273 g/mol. The Bertz CT molecular complexity index is 664. The molecular formula is C13H11N3O2S. The third-order valence-corrected chi connectivity index (χ3v) is 3.28. The van der Waals surface area contributed by atoms with E-state index in [1.807, 2.05) is 29.6 Å². The molecule has 0 spiro atoms. The molecule has 3 rings (SSSR count). The number of nitrogens with two attached hydrogens (primary N) is 1. The summed E-state index contributed by atoms with van der Waals surface area (Å²) in [5.74, 6) is 1.63. The van der Waals surface area contributed by atoms with E-state index in [-0.39, 0.29) is 6.61 Å². The summed E-state index contributed by atoms with van der Waals surface area (Å²) in [7, 11) is 0. The van der Waals surface area contributed by atoms with Crippen molar-refractivity contribution >= 4 is 17.0 Å². The third kappa shape index (κ3) is 2.74. The van der Waals surface area contributed by atoms with Crippen molar-refractivity contribution in [3.63, 3.8) is 0 Å². The monoisotopic (exact) mass is 273 g/mol. The lowest BCUT2D eigenvalue weighted by atomic mass is 10.3. The van der Waals surface area contributed by atoms with Crippen molar-refractivity contribution in [2.24, 2.45) is 0 Å². The molecule has 19 heavy (non-hydrogen) atoms. The largest absolute Gasteiger partial charge is 0.484 e. The van der Waals surface area contributed by atoms with E-state index < -0.39 is 0 Å². The molecule has 0 radical (unpaired) electrons. The number of rotatable bonds is 4. The van der Waals surface area contributed by atoms with E-state index >= 15 is 0 Å². The lowest BCUT2D eigenvalue weighted by Crippen LogP contribution is -1.96. The summed E-state index contributed by atoms with van der Waals surface area (Å²) < 4.78 is 11.0. The molecule has 0 aliphatic rings. The molecule has 5 nitrogen and oxygen atoms in total. The Kier molecular flexibility index (Phi) is 3.16. The highest BCUT2D eigenvalue weighted by atomic mass is 32.1. The van der Waals surface area contributed by atoms with Gasteiger partial charge in [-0.05, 0) is 23.6 Å². The van der Waals surface area contributed by atoms with Crippen LogP contribution < -0.4 is 10.5 Å². The molecule has 96 valence electrons. The first-order chi connectivity index (χ1) is 9.31. The minimum absolute atomic E-state index is 0.224. The summed E-state index contributed by atoms with van der Waals surface area (Å²) in [5, 5.41) is 9.88. The Morgan fingerprint density at radius 2 is 2.16 bits per heavy atom. The van der Waals surface area contributed by atoms with Crippen LogP contribution in [0.5, 0.6) is 5.75 Å². The minimum atomic E-state index is 0.224. The van der Waals surface area contributed by atoms with E-state index in [9.17, 15) is 0 Å². The Balaban J connectivity index is 1.68. The van der Waals surface area contributed by atoms with Crippen molar-refractivity contribution in [1.29, 1.82) is 0 Å². The van der Waals surface area contributed by atoms with Gasteiger partial charge < -0.3 is 14.9 Å². The molecule has 2 aromatic heterocycles. The van der Waals surface area contributed by atoms with Crippen LogP contribution in [0, 0.1) is 0 Å². The first-order valence-electron chi connectivity index (χ1n) is 5.66. The molecule has 0 saturated carbocycles. The molecule has 0 atom stereocenters. The summed E-state index contributed by atoms with van der Waals surface area (Å²) in [6.45, 7) is 0.224.